The third kappa shape index (κ3) is 4.41. The number of aromatic nitrogens is 4. The fourth-order valence-corrected chi connectivity index (χ4v) is 4.99. The topological polar surface area (TPSA) is 111 Å². The van der Waals surface area contributed by atoms with Gasteiger partial charge in [-0.25, -0.2) is 9.97 Å². The molecule has 0 bridgehead atoms. The van der Waals surface area contributed by atoms with Crippen LogP contribution >= 0.6 is 0 Å². The number of anilines is 1. The minimum atomic E-state index is -1.43. The number of hydrogen-bond donors (Lipinski definition) is 1. The van der Waals surface area contributed by atoms with Gasteiger partial charge < -0.3 is 19.5 Å². The van der Waals surface area contributed by atoms with E-state index in [2.05, 4.69) is 27.9 Å². The number of nitrogens with zero attached hydrogens (tertiary/aromatic N) is 7. The average Bonchev–Trinajstić information content (AvgIpc) is 3.29. The van der Waals surface area contributed by atoms with Crippen LogP contribution in [0.3, 0.4) is 0 Å². The summed E-state index contributed by atoms with van der Waals surface area (Å²) in [7, 11) is 0. The highest BCUT2D eigenvalue weighted by atomic mass is 16.3. The molecule has 3 aromatic heterocycles. The Labute approximate surface area is 215 Å². The van der Waals surface area contributed by atoms with Crippen LogP contribution in [0.1, 0.15) is 33.3 Å². The third-order valence-electron chi connectivity index (χ3n) is 6.85. The van der Waals surface area contributed by atoms with Crippen LogP contribution in [-0.4, -0.2) is 66.2 Å². The Morgan fingerprint density at radius 3 is 2.57 bits per heavy atom. The maximum absolute atomic E-state index is 12.9. The Morgan fingerprint density at radius 1 is 1.11 bits per heavy atom. The number of amides is 1. The zero-order valence-electron chi connectivity index (χ0n) is 21.3. The van der Waals surface area contributed by atoms with Gasteiger partial charge in [-0.05, 0) is 63.6 Å². The van der Waals surface area contributed by atoms with Gasteiger partial charge in [-0.1, -0.05) is 6.07 Å². The van der Waals surface area contributed by atoms with Crippen LogP contribution in [0, 0.1) is 11.3 Å². The summed E-state index contributed by atoms with van der Waals surface area (Å²) in [6, 6.07) is 13.4. The Hall–Kier alpha value is -4.29. The van der Waals surface area contributed by atoms with Crippen molar-refractivity contribution in [1.82, 2.24) is 24.4 Å². The lowest BCUT2D eigenvalue weighted by Gasteiger charge is -2.46. The zero-order valence-corrected chi connectivity index (χ0v) is 21.3. The van der Waals surface area contributed by atoms with Crippen molar-refractivity contribution in [1.29, 1.82) is 5.26 Å². The van der Waals surface area contributed by atoms with E-state index in [0.29, 0.717) is 18.7 Å². The molecule has 9 heteroatoms. The molecule has 188 valence electrons. The highest BCUT2D eigenvalue weighted by Gasteiger charge is 2.39. The molecule has 1 aromatic carbocycles. The van der Waals surface area contributed by atoms with Crippen LogP contribution in [0.25, 0.3) is 27.8 Å². The van der Waals surface area contributed by atoms with Crippen molar-refractivity contribution in [2.75, 3.05) is 18.0 Å². The molecule has 0 aliphatic carbocycles. The number of rotatable bonds is 4. The summed E-state index contributed by atoms with van der Waals surface area (Å²) in [5.74, 6) is 0.502. The molecule has 9 nitrogen and oxygen atoms in total. The molecule has 1 aliphatic rings. The molecular weight excluding hydrogens is 466 g/mol. The molecule has 0 radical (unpaired) electrons. The van der Waals surface area contributed by atoms with Crippen molar-refractivity contribution in [3.05, 3.63) is 66.9 Å². The first-order valence-corrected chi connectivity index (χ1v) is 12.3. The lowest BCUT2D eigenvalue weighted by atomic mass is 10.0. The smallest absolute Gasteiger partial charge is 0.254 e. The number of pyridine rings is 1. The van der Waals surface area contributed by atoms with Gasteiger partial charge in [-0.15, -0.1) is 0 Å². The summed E-state index contributed by atoms with van der Waals surface area (Å²) < 4.78 is 1.99. The average molecular weight is 496 g/mol. The molecule has 1 N–H and O–H groups in total. The maximum Gasteiger partial charge on any atom is 0.254 e. The summed E-state index contributed by atoms with van der Waals surface area (Å²) in [4.78, 5) is 30.4. The molecule has 37 heavy (non-hydrogen) atoms. The van der Waals surface area contributed by atoms with E-state index in [1.165, 1.54) is 13.8 Å². The highest BCUT2D eigenvalue weighted by molar-refractivity contribution is 6.02. The van der Waals surface area contributed by atoms with Crippen molar-refractivity contribution in [2.45, 2.75) is 45.4 Å². The summed E-state index contributed by atoms with van der Waals surface area (Å²) in [6.45, 7) is 8.12. The molecule has 1 saturated heterocycles. The molecule has 4 aromatic rings. The third-order valence-corrected chi connectivity index (χ3v) is 6.85. The first-order valence-electron chi connectivity index (χ1n) is 12.3. The van der Waals surface area contributed by atoms with E-state index < -0.39 is 5.60 Å². The second kappa shape index (κ2) is 9.30. The lowest BCUT2D eigenvalue weighted by Crippen LogP contribution is -2.61. The summed E-state index contributed by atoms with van der Waals surface area (Å²) in [6.07, 6.45) is 7.09. The number of carbonyl (C=O) groups is 1. The van der Waals surface area contributed by atoms with Crippen LogP contribution in [0.4, 0.5) is 5.82 Å². The Morgan fingerprint density at radius 2 is 1.86 bits per heavy atom. The van der Waals surface area contributed by atoms with Gasteiger partial charge in [0.1, 0.15) is 17.7 Å². The highest BCUT2D eigenvalue weighted by Crippen LogP contribution is 2.38. The van der Waals surface area contributed by atoms with Crippen molar-refractivity contribution in [2.24, 2.45) is 0 Å². The predicted octanol–water partition coefficient (Wildman–Crippen LogP) is 3.55. The van der Waals surface area contributed by atoms with E-state index in [9.17, 15) is 15.2 Å². The van der Waals surface area contributed by atoms with Gasteiger partial charge in [0, 0.05) is 55.0 Å². The van der Waals surface area contributed by atoms with Gasteiger partial charge in [0.05, 0.1) is 17.0 Å². The molecule has 2 atom stereocenters. The first kappa shape index (κ1) is 24.4. The summed E-state index contributed by atoms with van der Waals surface area (Å²) in [5.41, 5.74) is 2.61. The van der Waals surface area contributed by atoms with Crippen molar-refractivity contribution < 1.29 is 9.90 Å². The number of fused-ring (bicyclic) bond motifs is 1. The number of hydrogen-bond acceptors (Lipinski definition) is 7. The van der Waals surface area contributed by atoms with Gasteiger partial charge in [0.15, 0.2) is 5.65 Å². The SMILES string of the molecule is C[C@@H]1CN(c2ncnc3c2c(-c2ccncc2)cn3-c2cccc(C#N)c2)[C@@H](C)CN1C(=O)C(C)(C)O. The molecular formula is C28H29N7O2. The van der Waals surface area contributed by atoms with E-state index in [1.807, 2.05) is 48.0 Å². The van der Waals surface area contributed by atoms with Gasteiger partial charge in [0.25, 0.3) is 5.91 Å². The molecule has 0 unspecified atom stereocenters. The van der Waals surface area contributed by atoms with Crippen molar-refractivity contribution >= 4 is 22.8 Å². The molecule has 1 amide bonds. The molecule has 1 aliphatic heterocycles. The lowest BCUT2D eigenvalue weighted by molar-refractivity contribution is -0.151. The number of nitriles is 1. The number of aliphatic hydroxyl groups is 1. The van der Waals surface area contributed by atoms with E-state index in [1.54, 1.807) is 29.7 Å². The molecule has 4 heterocycles. The fourth-order valence-electron chi connectivity index (χ4n) is 4.99. The standard InChI is InChI=1S/C28H29N7O2/c1-18-15-34(27(36)28(3,4)37)19(2)14-33(18)25-24-23(21-8-10-30-11-9-21)16-35(26(24)32-17-31-25)22-7-5-6-20(12-22)13-29/h5-12,16-19,37H,14-15H2,1-4H3/t18-,19+/m0/s1. The van der Waals surface area contributed by atoms with E-state index in [4.69, 9.17) is 4.98 Å². The van der Waals surface area contributed by atoms with Gasteiger partial charge in [0.2, 0.25) is 0 Å². The number of benzene rings is 1. The predicted molar refractivity (Wildman–Crippen MR) is 141 cm³/mol. The van der Waals surface area contributed by atoms with Gasteiger partial charge in [-0.3, -0.25) is 9.78 Å². The maximum atomic E-state index is 12.9. The van der Waals surface area contributed by atoms with E-state index in [-0.39, 0.29) is 18.0 Å². The number of carbonyl (C=O) groups excluding carboxylic acids is 1. The minimum Gasteiger partial charge on any atom is -0.381 e. The van der Waals surface area contributed by atoms with Crippen LogP contribution in [-0.2, 0) is 4.79 Å². The quantitative estimate of drug-likeness (QED) is 0.461. The molecule has 5 rings (SSSR count). The van der Waals surface area contributed by atoms with Crippen LogP contribution in [0.2, 0.25) is 0 Å². The first-order chi connectivity index (χ1) is 17.7. The molecule has 0 spiro atoms. The molecule has 1 fully saturated rings. The normalized spacial score (nSPS) is 18.2. The van der Waals surface area contributed by atoms with Crippen molar-refractivity contribution in [3.8, 4) is 22.9 Å². The minimum absolute atomic E-state index is 0.0452. The van der Waals surface area contributed by atoms with Crippen LogP contribution in [0.5, 0.6) is 0 Å². The second-order valence-corrected chi connectivity index (χ2v) is 10.1. The van der Waals surface area contributed by atoms with Crippen LogP contribution in [0.15, 0.2) is 61.3 Å². The van der Waals surface area contributed by atoms with Gasteiger partial charge >= 0.3 is 0 Å². The summed E-state index contributed by atoms with van der Waals surface area (Å²) in [5, 5.41) is 20.7. The Bertz CT molecular complexity index is 1500. The summed E-state index contributed by atoms with van der Waals surface area (Å²) >= 11 is 0. The molecule has 0 saturated carbocycles. The second-order valence-electron chi connectivity index (χ2n) is 10.1. The Kier molecular flexibility index (Phi) is 6.13. The van der Waals surface area contributed by atoms with Crippen molar-refractivity contribution in [3.63, 3.8) is 0 Å². The largest absolute Gasteiger partial charge is 0.381 e. The monoisotopic (exact) mass is 495 g/mol. The fraction of sp³-hybridized carbons (Fsp3) is 0.321. The van der Waals surface area contributed by atoms with Gasteiger partial charge in [-0.2, -0.15) is 5.26 Å². The number of piperazine rings is 1. The van der Waals surface area contributed by atoms with E-state index >= 15 is 0 Å². The Balaban J connectivity index is 1.66. The van der Waals surface area contributed by atoms with Crippen LogP contribution < -0.4 is 4.90 Å². The zero-order chi connectivity index (χ0) is 26.3. The van der Waals surface area contributed by atoms with E-state index in [0.717, 1.165) is 33.7 Å².